The van der Waals surface area contributed by atoms with E-state index >= 15 is 0 Å². The maximum absolute atomic E-state index is 10.5. The third-order valence-corrected chi connectivity index (χ3v) is 5.29. The van der Waals surface area contributed by atoms with Crippen LogP contribution in [0.25, 0.3) is 0 Å². The van der Waals surface area contributed by atoms with E-state index in [4.69, 9.17) is 16.3 Å². The minimum atomic E-state index is -0.728. The molecule has 3 unspecified atom stereocenters. The number of aromatic nitrogens is 2. The molecule has 0 aliphatic carbocycles. The van der Waals surface area contributed by atoms with Gasteiger partial charge in [-0.3, -0.25) is 0 Å². The van der Waals surface area contributed by atoms with Crippen LogP contribution in [0, 0.1) is 6.92 Å². The molecule has 8 heteroatoms. The molecule has 3 rings (SSSR count). The van der Waals surface area contributed by atoms with Crippen molar-refractivity contribution in [2.24, 2.45) is 0 Å². The summed E-state index contributed by atoms with van der Waals surface area (Å²) in [5.74, 6) is 1.36. The largest absolute Gasteiger partial charge is 0.394 e. The Bertz CT molecular complexity index is 847. The highest BCUT2D eigenvalue weighted by molar-refractivity contribution is 6.30. The highest BCUT2D eigenvalue weighted by atomic mass is 35.5. The second-order valence-corrected chi connectivity index (χ2v) is 7.80. The van der Waals surface area contributed by atoms with Gasteiger partial charge in [-0.1, -0.05) is 43.2 Å². The van der Waals surface area contributed by atoms with E-state index in [1.165, 1.54) is 6.33 Å². The lowest BCUT2D eigenvalue weighted by Crippen LogP contribution is -2.39. The number of rotatable bonds is 9. The molecule has 1 fully saturated rings. The van der Waals surface area contributed by atoms with Gasteiger partial charge in [0.2, 0.25) is 0 Å². The van der Waals surface area contributed by atoms with Crippen LogP contribution in [0.15, 0.2) is 42.9 Å². The fourth-order valence-corrected chi connectivity index (χ4v) is 3.52. The Balaban J connectivity index is 1.84. The summed E-state index contributed by atoms with van der Waals surface area (Å²) in [6.45, 7) is 4.50. The summed E-state index contributed by atoms with van der Waals surface area (Å²) < 4.78 is 5.89. The molecule has 1 saturated heterocycles. The molecule has 30 heavy (non-hydrogen) atoms. The third-order valence-electron chi connectivity index (χ3n) is 5.04. The van der Waals surface area contributed by atoms with Crippen molar-refractivity contribution in [3.05, 3.63) is 59.0 Å². The number of halogens is 1. The van der Waals surface area contributed by atoms with Crippen molar-refractivity contribution in [2.75, 3.05) is 16.8 Å². The molecular weight excluding hydrogens is 404 g/mol. The molecule has 1 aromatic carbocycles. The van der Waals surface area contributed by atoms with Gasteiger partial charge in [-0.15, -0.1) is 0 Å². The van der Waals surface area contributed by atoms with Gasteiger partial charge >= 0.3 is 0 Å². The molecule has 1 aliphatic heterocycles. The first kappa shape index (κ1) is 22.5. The lowest BCUT2D eigenvalue weighted by molar-refractivity contribution is -0.00651. The second-order valence-electron chi connectivity index (χ2n) is 7.37. The van der Waals surface area contributed by atoms with E-state index in [0.717, 1.165) is 24.0 Å². The van der Waals surface area contributed by atoms with Crippen molar-refractivity contribution in [1.29, 1.82) is 0 Å². The normalized spacial score (nSPS) is 21.3. The van der Waals surface area contributed by atoms with E-state index < -0.39 is 18.4 Å². The molecule has 2 heterocycles. The summed E-state index contributed by atoms with van der Waals surface area (Å²) >= 11 is 5.96. The van der Waals surface area contributed by atoms with Crippen molar-refractivity contribution in [3.8, 4) is 0 Å². The minimum absolute atomic E-state index is 0.128. The highest BCUT2D eigenvalue weighted by Crippen LogP contribution is 2.31. The van der Waals surface area contributed by atoms with Gasteiger partial charge in [0.1, 0.15) is 24.1 Å². The molecule has 0 amide bonds. The van der Waals surface area contributed by atoms with Gasteiger partial charge in [0.05, 0.1) is 12.7 Å². The first-order valence-electron chi connectivity index (χ1n) is 10.2. The SMILES string of the molecule is CCCC=CN(c1ncnc(NCc2ccc(Cl)cc2)c1C)C1OC(CO)CC1O. The summed E-state index contributed by atoms with van der Waals surface area (Å²) in [5, 5.41) is 24.0. The Morgan fingerprint density at radius 1 is 1.30 bits per heavy atom. The van der Waals surface area contributed by atoms with Crippen LogP contribution >= 0.6 is 11.6 Å². The fourth-order valence-electron chi connectivity index (χ4n) is 3.40. The van der Waals surface area contributed by atoms with Crippen LogP contribution in [0.3, 0.4) is 0 Å². The number of hydrogen-bond acceptors (Lipinski definition) is 7. The highest BCUT2D eigenvalue weighted by Gasteiger charge is 2.38. The summed E-state index contributed by atoms with van der Waals surface area (Å²) in [6, 6.07) is 7.63. The lowest BCUT2D eigenvalue weighted by Gasteiger charge is -2.30. The summed E-state index contributed by atoms with van der Waals surface area (Å²) in [7, 11) is 0. The van der Waals surface area contributed by atoms with Crippen molar-refractivity contribution in [1.82, 2.24) is 9.97 Å². The van der Waals surface area contributed by atoms with Gasteiger partial charge in [-0.05, 0) is 31.0 Å². The monoisotopic (exact) mass is 432 g/mol. The summed E-state index contributed by atoms with van der Waals surface area (Å²) in [5.41, 5.74) is 1.93. The van der Waals surface area contributed by atoms with Gasteiger partial charge < -0.3 is 25.2 Å². The molecule has 1 aromatic heterocycles. The smallest absolute Gasteiger partial charge is 0.161 e. The van der Waals surface area contributed by atoms with Crippen LogP contribution in [0.4, 0.5) is 11.6 Å². The second kappa shape index (κ2) is 10.7. The fraction of sp³-hybridized carbons (Fsp3) is 0.455. The van der Waals surface area contributed by atoms with Gasteiger partial charge in [0.15, 0.2) is 6.23 Å². The Morgan fingerprint density at radius 2 is 2.07 bits per heavy atom. The number of hydrogen-bond donors (Lipinski definition) is 3. The number of unbranched alkanes of at least 4 members (excludes halogenated alkanes) is 1. The van der Waals surface area contributed by atoms with Crippen LogP contribution in [0.1, 0.15) is 37.3 Å². The Labute approximate surface area is 182 Å². The van der Waals surface area contributed by atoms with E-state index in [0.29, 0.717) is 29.6 Å². The number of benzene rings is 1. The predicted molar refractivity (Wildman–Crippen MR) is 118 cm³/mol. The lowest BCUT2D eigenvalue weighted by atomic mass is 10.2. The zero-order valence-corrected chi connectivity index (χ0v) is 18.1. The van der Waals surface area contributed by atoms with Gasteiger partial charge in [0, 0.05) is 29.8 Å². The van der Waals surface area contributed by atoms with E-state index in [2.05, 4.69) is 22.2 Å². The van der Waals surface area contributed by atoms with Crippen molar-refractivity contribution in [2.45, 2.75) is 58.1 Å². The third kappa shape index (κ3) is 5.49. The number of nitrogens with one attached hydrogen (secondary N) is 1. The maximum atomic E-state index is 10.5. The molecule has 0 saturated carbocycles. The van der Waals surface area contributed by atoms with Crippen LogP contribution < -0.4 is 10.2 Å². The van der Waals surface area contributed by atoms with Crippen molar-refractivity contribution < 1.29 is 14.9 Å². The van der Waals surface area contributed by atoms with Crippen LogP contribution in [-0.4, -0.2) is 45.2 Å². The van der Waals surface area contributed by atoms with Crippen molar-refractivity contribution >= 4 is 23.2 Å². The molecule has 162 valence electrons. The number of allylic oxidation sites excluding steroid dienone is 1. The van der Waals surface area contributed by atoms with E-state index in [9.17, 15) is 10.2 Å². The molecule has 2 aromatic rings. The number of aliphatic hydroxyl groups excluding tert-OH is 2. The number of ether oxygens (including phenoxy) is 1. The first-order valence-corrected chi connectivity index (χ1v) is 10.6. The van der Waals surface area contributed by atoms with Gasteiger partial charge in [-0.25, -0.2) is 9.97 Å². The maximum Gasteiger partial charge on any atom is 0.161 e. The van der Waals surface area contributed by atoms with Crippen LogP contribution in [0.2, 0.25) is 5.02 Å². The van der Waals surface area contributed by atoms with Gasteiger partial charge in [0.25, 0.3) is 0 Å². The van der Waals surface area contributed by atoms with E-state index in [1.54, 1.807) is 0 Å². The number of aliphatic hydroxyl groups is 2. The molecule has 1 aliphatic rings. The molecule has 3 atom stereocenters. The van der Waals surface area contributed by atoms with Crippen LogP contribution in [-0.2, 0) is 11.3 Å². The Morgan fingerprint density at radius 3 is 2.73 bits per heavy atom. The van der Waals surface area contributed by atoms with Crippen LogP contribution in [0.5, 0.6) is 0 Å². The topological polar surface area (TPSA) is 90.7 Å². The van der Waals surface area contributed by atoms with E-state index in [-0.39, 0.29) is 6.61 Å². The molecule has 3 N–H and O–H groups in total. The van der Waals surface area contributed by atoms with E-state index in [1.807, 2.05) is 48.4 Å². The molecule has 0 radical (unpaired) electrons. The Kier molecular flexibility index (Phi) is 8.04. The first-order chi connectivity index (χ1) is 14.5. The Hall–Kier alpha value is -2.19. The standard InChI is InChI=1S/C22H29ClN4O3/c1-3-4-5-10-27(22-19(29)11-18(13-28)30-22)21-15(2)20(25-14-26-21)24-12-16-6-8-17(23)9-7-16/h5-10,14,18-19,22,28-29H,3-4,11-13H2,1-2H3,(H,24,25,26). The molecule has 0 bridgehead atoms. The quantitative estimate of drug-likeness (QED) is 0.557. The minimum Gasteiger partial charge on any atom is -0.394 e. The predicted octanol–water partition coefficient (Wildman–Crippen LogP) is 3.64. The molecule has 0 spiro atoms. The average molecular weight is 433 g/mol. The summed E-state index contributed by atoms with van der Waals surface area (Å²) in [6.07, 6.45) is 5.98. The molecular formula is C22H29ClN4O3. The zero-order chi connectivity index (χ0) is 21.5. The van der Waals surface area contributed by atoms with Gasteiger partial charge in [-0.2, -0.15) is 0 Å². The number of anilines is 2. The number of nitrogens with zero attached hydrogens (tertiary/aromatic N) is 3. The average Bonchev–Trinajstić information content (AvgIpc) is 3.13. The zero-order valence-electron chi connectivity index (χ0n) is 17.3. The van der Waals surface area contributed by atoms with Crippen molar-refractivity contribution in [3.63, 3.8) is 0 Å². The molecule has 7 nitrogen and oxygen atoms in total. The summed E-state index contributed by atoms with van der Waals surface area (Å²) in [4.78, 5) is 10.7.